The average molecular weight is 383 g/mol. The fourth-order valence-electron chi connectivity index (χ4n) is 0.722. The summed E-state index contributed by atoms with van der Waals surface area (Å²) in [4.78, 5) is 32.3. The number of hydrogen-bond acceptors (Lipinski definition) is 8. The molecule has 0 aromatic heterocycles. The van der Waals surface area contributed by atoms with E-state index in [0.717, 1.165) is 0 Å². The molecule has 8 nitrogen and oxygen atoms in total. The zero-order chi connectivity index (χ0) is 18.4. The molecule has 0 aliphatic carbocycles. The lowest BCUT2D eigenvalue weighted by atomic mass is 10.4. The van der Waals surface area contributed by atoms with Crippen LogP contribution >= 0.6 is 17.8 Å². The molecule has 0 saturated carbocycles. The van der Waals surface area contributed by atoms with E-state index in [1.165, 1.54) is 7.11 Å². The number of esters is 2. The lowest BCUT2D eigenvalue weighted by Gasteiger charge is -2.10. The van der Waals surface area contributed by atoms with Crippen LogP contribution in [0.15, 0.2) is 24.3 Å². The number of rotatable bonds is 8. The van der Waals surface area contributed by atoms with E-state index in [9.17, 15) is 14.4 Å². The Hall–Kier alpha value is -1.33. The summed E-state index contributed by atoms with van der Waals surface area (Å²) in [6.07, 6.45) is 0. The topological polar surface area (TPSA) is 123 Å². The minimum Gasteiger partial charge on any atom is -0.466 e. The predicted molar refractivity (Wildman–Crippen MR) is 97.5 cm³/mol. The molecule has 0 aromatic rings. The predicted octanol–water partition coefficient (Wildman–Crippen LogP) is 2.97. The van der Waals surface area contributed by atoms with E-state index in [-0.39, 0.29) is 21.5 Å². The molecule has 24 heavy (non-hydrogen) atoms. The van der Waals surface area contributed by atoms with Gasteiger partial charge in [-0.1, -0.05) is 22.4 Å². The van der Waals surface area contributed by atoms with Crippen LogP contribution in [0.4, 0.5) is 4.79 Å². The average Bonchev–Trinajstić information content (AvgIpc) is 2.47. The smallest absolute Gasteiger partial charge is 0.335 e. The molecular formula is C14H27NO7P2. The molecule has 0 rings (SSSR count). The SMILES string of the molecule is C=C(C)C(=O)OC(P)PC(=O)OC.C=C(C)C(=O)OCOCC.N. The summed E-state index contributed by atoms with van der Waals surface area (Å²) in [6.45, 7) is 12.3. The summed E-state index contributed by atoms with van der Waals surface area (Å²) in [5, 5.41) is 0. The highest BCUT2D eigenvalue weighted by Gasteiger charge is 2.14. The summed E-state index contributed by atoms with van der Waals surface area (Å²) in [6, 6.07) is 0. The maximum atomic E-state index is 10.9. The first-order valence-corrected chi connectivity index (χ1v) is 8.26. The zero-order valence-corrected chi connectivity index (χ0v) is 16.7. The third kappa shape index (κ3) is 17.0. The van der Waals surface area contributed by atoms with Crippen LogP contribution < -0.4 is 6.15 Å². The molecule has 0 radical (unpaired) electrons. The highest BCUT2D eigenvalue weighted by atomic mass is 31.1. The number of methoxy groups -OCH3 is 1. The van der Waals surface area contributed by atoms with Crippen molar-refractivity contribution in [2.45, 2.75) is 26.4 Å². The highest BCUT2D eigenvalue weighted by Crippen LogP contribution is 2.28. The number of ether oxygens (including phenoxy) is 4. The van der Waals surface area contributed by atoms with Gasteiger partial charge >= 0.3 is 17.6 Å². The Morgan fingerprint density at radius 2 is 1.62 bits per heavy atom. The van der Waals surface area contributed by atoms with Crippen LogP contribution in [0.3, 0.4) is 0 Å². The van der Waals surface area contributed by atoms with Crippen LogP contribution in [-0.4, -0.2) is 43.7 Å². The van der Waals surface area contributed by atoms with E-state index in [4.69, 9.17) is 9.47 Å². The largest absolute Gasteiger partial charge is 0.466 e. The number of carbonyl (C=O) groups excluding carboxylic acids is 3. The molecule has 0 amide bonds. The first-order valence-electron chi connectivity index (χ1n) is 6.52. The summed E-state index contributed by atoms with van der Waals surface area (Å²) < 4.78 is 18.6. The second kappa shape index (κ2) is 16.5. The van der Waals surface area contributed by atoms with Gasteiger partial charge < -0.3 is 25.1 Å². The van der Waals surface area contributed by atoms with E-state index in [2.05, 4.69) is 31.9 Å². The first kappa shape index (κ1) is 27.5. The highest BCUT2D eigenvalue weighted by molar-refractivity contribution is 7.64. The van der Waals surface area contributed by atoms with Gasteiger partial charge in [-0.3, -0.25) is 0 Å². The van der Waals surface area contributed by atoms with Gasteiger partial charge in [-0.2, -0.15) is 0 Å². The minimum absolute atomic E-state index is 0. The van der Waals surface area contributed by atoms with Crippen molar-refractivity contribution in [1.82, 2.24) is 6.15 Å². The third-order valence-corrected chi connectivity index (χ3v) is 3.33. The van der Waals surface area contributed by atoms with Crippen molar-refractivity contribution in [2.75, 3.05) is 20.5 Å². The van der Waals surface area contributed by atoms with Crippen molar-refractivity contribution in [3.63, 3.8) is 0 Å². The van der Waals surface area contributed by atoms with Crippen LogP contribution in [0.1, 0.15) is 20.8 Å². The second-order valence-electron chi connectivity index (χ2n) is 4.06. The molecule has 0 aromatic carbocycles. The van der Waals surface area contributed by atoms with E-state index >= 15 is 0 Å². The number of hydrogen-bond donors (Lipinski definition) is 1. The summed E-state index contributed by atoms with van der Waals surface area (Å²) in [7, 11) is 3.32. The maximum Gasteiger partial charge on any atom is 0.335 e. The summed E-state index contributed by atoms with van der Waals surface area (Å²) >= 11 is 0. The molecule has 0 aliphatic heterocycles. The Morgan fingerprint density at radius 3 is 2.00 bits per heavy atom. The lowest BCUT2D eigenvalue weighted by Crippen LogP contribution is -2.10. The van der Waals surface area contributed by atoms with E-state index in [1.807, 2.05) is 6.92 Å². The molecule has 0 aliphatic rings. The second-order valence-corrected chi connectivity index (χ2v) is 6.60. The van der Waals surface area contributed by atoms with Gasteiger partial charge in [-0.25, -0.2) is 14.4 Å². The minimum atomic E-state index is -0.531. The fourth-order valence-corrected chi connectivity index (χ4v) is 1.77. The van der Waals surface area contributed by atoms with Crippen molar-refractivity contribution in [3.05, 3.63) is 24.3 Å². The molecule has 0 saturated heterocycles. The molecule has 0 spiro atoms. The molecule has 140 valence electrons. The quantitative estimate of drug-likeness (QED) is 0.169. The van der Waals surface area contributed by atoms with Gasteiger partial charge in [0, 0.05) is 26.3 Å². The van der Waals surface area contributed by atoms with E-state index < -0.39 is 23.2 Å². The van der Waals surface area contributed by atoms with Gasteiger partial charge in [-0.15, -0.1) is 0 Å². The maximum absolute atomic E-state index is 10.9. The molecule has 3 N–H and O–H groups in total. The Bertz CT molecular complexity index is 441. The van der Waals surface area contributed by atoms with Crippen LogP contribution in [0.25, 0.3) is 0 Å². The molecule has 0 fully saturated rings. The monoisotopic (exact) mass is 383 g/mol. The van der Waals surface area contributed by atoms with Gasteiger partial charge in [0.05, 0.1) is 7.11 Å². The number of carbonyl (C=O) groups is 3. The molecule has 10 heteroatoms. The Morgan fingerprint density at radius 1 is 1.12 bits per heavy atom. The van der Waals surface area contributed by atoms with Gasteiger partial charge in [-0.05, 0) is 20.8 Å². The third-order valence-electron chi connectivity index (χ3n) is 1.85. The van der Waals surface area contributed by atoms with Crippen LogP contribution in [0.2, 0.25) is 0 Å². The standard InChI is InChI=1S/C7H12O4P2.C7H12O3.H3N/c1-4(2)5(8)11-7(12)13-6(9)10-3;1-4-9-5-10-7(8)6(2)3;/h7,13H,1,12H2,2-3H3;2,4-5H2,1,3H3;1H3. The molecular weight excluding hydrogens is 356 g/mol. The Balaban J connectivity index is -0.000000364. The lowest BCUT2D eigenvalue weighted by molar-refractivity contribution is -0.151. The van der Waals surface area contributed by atoms with Crippen molar-refractivity contribution in [3.8, 4) is 0 Å². The zero-order valence-electron chi connectivity index (χ0n) is 14.5. The van der Waals surface area contributed by atoms with Crippen LogP contribution in [0, 0.1) is 0 Å². The summed E-state index contributed by atoms with van der Waals surface area (Å²) in [5.74, 6) is -0.912. The van der Waals surface area contributed by atoms with Crippen molar-refractivity contribution < 1.29 is 33.3 Å². The van der Waals surface area contributed by atoms with Crippen molar-refractivity contribution >= 4 is 35.5 Å². The molecule has 3 atom stereocenters. The van der Waals surface area contributed by atoms with Crippen molar-refractivity contribution in [2.24, 2.45) is 0 Å². The van der Waals surface area contributed by atoms with Crippen LogP contribution in [0.5, 0.6) is 0 Å². The van der Waals surface area contributed by atoms with E-state index in [0.29, 0.717) is 17.8 Å². The molecule has 3 unspecified atom stereocenters. The Labute approximate surface area is 146 Å². The van der Waals surface area contributed by atoms with E-state index in [1.54, 1.807) is 13.8 Å². The van der Waals surface area contributed by atoms with Gasteiger partial charge in [0.25, 0.3) is 0 Å². The Kier molecular flexibility index (Phi) is 18.9. The van der Waals surface area contributed by atoms with Gasteiger partial charge in [0.15, 0.2) is 6.79 Å². The summed E-state index contributed by atoms with van der Waals surface area (Å²) in [5.41, 5.74) is -0.229. The van der Waals surface area contributed by atoms with Crippen molar-refractivity contribution in [1.29, 1.82) is 0 Å². The van der Waals surface area contributed by atoms with Gasteiger partial charge in [0.2, 0.25) is 0 Å². The molecule has 0 heterocycles. The fraction of sp³-hybridized carbons (Fsp3) is 0.500. The first-order chi connectivity index (χ1) is 10.6. The van der Waals surface area contributed by atoms with Crippen LogP contribution in [-0.2, 0) is 28.5 Å². The van der Waals surface area contributed by atoms with Gasteiger partial charge in [0.1, 0.15) is 5.59 Å². The normalized spacial score (nSPS) is 10.5. The molecule has 0 bridgehead atoms.